The number of aryl methyl sites for hydroxylation is 1. The largest absolute Gasteiger partial charge is 0.481 e. The Morgan fingerprint density at radius 2 is 2.30 bits per heavy atom. The van der Waals surface area contributed by atoms with Gasteiger partial charge in [0.05, 0.1) is 18.5 Å². The van der Waals surface area contributed by atoms with Gasteiger partial charge in [-0.05, 0) is 12.8 Å². The molecule has 0 amide bonds. The molecule has 2 aromatic rings. The second kappa shape index (κ2) is 5.28. The highest BCUT2D eigenvalue weighted by Gasteiger charge is 2.30. The van der Waals surface area contributed by atoms with Gasteiger partial charge in [0.1, 0.15) is 5.82 Å². The van der Waals surface area contributed by atoms with E-state index in [2.05, 4.69) is 15.3 Å². The summed E-state index contributed by atoms with van der Waals surface area (Å²) in [7, 11) is 1.87. The van der Waals surface area contributed by atoms with E-state index in [9.17, 15) is 4.79 Å². The fourth-order valence-corrected chi connectivity index (χ4v) is 2.73. The molecule has 8 heteroatoms. The first-order chi connectivity index (χ1) is 9.63. The van der Waals surface area contributed by atoms with Crippen molar-refractivity contribution in [3.63, 3.8) is 0 Å². The van der Waals surface area contributed by atoms with Gasteiger partial charge in [0.2, 0.25) is 0 Å². The zero-order valence-electron chi connectivity index (χ0n) is 11.1. The predicted molar refractivity (Wildman–Crippen MR) is 72.7 cm³/mol. The van der Waals surface area contributed by atoms with E-state index in [0.717, 1.165) is 24.2 Å². The molecule has 3 rings (SSSR count). The molecule has 0 saturated heterocycles. The Hall–Kier alpha value is -1.83. The molecule has 1 saturated carbocycles. The predicted octanol–water partition coefficient (Wildman–Crippen LogP) is 1.11. The maximum atomic E-state index is 10.7. The number of aromatic nitrogens is 5. The smallest absolute Gasteiger partial charge is 0.313 e. The van der Waals surface area contributed by atoms with Gasteiger partial charge < -0.3 is 9.67 Å². The highest BCUT2D eigenvalue weighted by atomic mass is 32.2. The van der Waals surface area contributed by atoms with Gasteiger partial charge in [0.25, 0.3) is 0 Å². The molecule has 1 aliphatic rings. The van der Waals surface area contributed by atoms with Crippen molar-refractivity contribution in [1.82, 2.24) is 24.5 Å². The van der Waals surface area contributed by atoms with Gasteiger partial charge in [-0.3, -0.25) is 9.48 Å². The van der Waals surface area contributed by atoms with Gasteiger partial charge in [0, 0.05) is 24.7 Å². The van der Waals surface area contributed by atoms with Crippen LogP contribution >= 0.6 is 11.8 Å². The maximum absolute atomic E-state index is 10.7. The first kappa shape index (κ1) is 13.2. The van der Waals surface area contributed by atoms with Crippen molar-refractivity contribution in [3.05, 3.63) is 23.8 Å². The molecule has 106 valence electrons. The number of rotatable bonds is 6. The Morgan fingerprint density at radius 1 is 1.50 bits per heavy atom. The Kier molecular flexibility index (Phi) is 3.47. The van der Waals surface area contributed by atoms with Crippen LogP contribution in [0, 0.1) is 0 Å². The third-order valence-electron chi connectivity index (χ3n) is 3.11. The van der Waals surface area contributed by atoms with Gasteiger partial charge in [-0.25, -0.2) is 0 Å². The minimum absolute atomic E-state index is 0.00413. The van der Waals surface area contributed by atoms with Gasteiger partial charge in [-0.2, -0.15) is 5.10 Å². The summed E-state index contributed by atoms with van der Waals surface area (Å²) in [6, 6.07) is 0. The number of carboxylic acid groups (broad SMARTS) is 1. The summed E-state index contributed by atoms with van der Waals surface area (Å²) in [6.45, 7) is 0.634. The molecular formula is C12H15N5O2S. The normalized spacial score (nSPS) is 14.7. The Balaban J connectivity index is 1.84. The lowest BCUT2D eigenvalue weighted by molar-refractivity contribution is -0.133. The highest BCUT2D eigenvalue weighted by Crippen LogP contribution is 2.40. The molecule has 0 unspecified atom stereocenters. The van der Waals surface area contributed by atoms with Crippen molar-refractivity contribution in [1.29, 1.82) is 0 Å². The molecule has 1 aliphatic carbocycles. The molecule has 2 aromatic heterocycles. The fraction of sp³-hybridized carbons (Fsp3) is 0.500. The Labute approximate surface area is 120 Å². The van der Waals surface area contributed by atoms with E-state index >= 15 is 0 Å². The van der Waals surface area contributed by atoms with Crippen molar-refractivity contribution < 1.29 is 9.90 Å². The SMILES string of the molecule is Cn1cc(Cn2c(SCC(=O)O)nnc2C2CC2)cn1. The summed E-state index contributed by atoms with van der Waals surface area (Å²) in [5.74, 6) is 0.578. The van der Waals surface area contributed by atoms with Crippen LogP contribution in [0.15, 0.2) is 17.6 Å². The number of hydrogen-bond acceptors (Lipinski definition) is 5. The monoisotopic (exact) mass is 293 g/mol. The second-order valence-electron chi connectivity index (χ2n) is 4.91. The van der Waals surface area contributed by atoms with Crippen LogP contribution in [0.5, 0.6) is 0 Å². The quantitative estimate of drug-likeness (QED) is 0.803. The lowest BCUT2D eigenvalue weighted by atomic mass is 10.3. The molecule has 0 bridgehead atoms. The van der Waals surface area contributed by atoms with Crippen LogP contribution in [0.1, 0.15) is 30.1 Å². The van der Waals surface area contributed by atoms with E-state index < -0.39 is 5.97 Å². The van der Waals surface area contributed by atoms with Crippen LogP contribution in [0.3, 0.4) is 0 Å². The summed E-state index contributed by atoms with van der Waals surface area (Å²) >= 11 is 1.21. The summed E-state index contributed by atoms with van der Waals surface area (Å²) in [5.41, 5.74) is 1.06. The van der Waals surface area contributed by atoms with Crippen LogP contribution in [0.4, 0.5) is 0 Å². The molecule has 0 aromatic carbocycles. The number of carbonyl (C=O) groups is 1. The van der Waals surface area contributed by atoms with Gasteiger partial charge >= 0.3 is 5.97 Å². The lowest BCUT2D eigenvalue weighted by Gasteiger charge is -2.07. The molecule has 7 nitrogen and oxygen atoms in total. The van der Waals surface area contributed by atoms with E-state index in [1.54, 1.807) is 4.68 Å². The first-order valence-corrected chi connectivity index (χ1v) is 7.37. The molecule has 0 atom stereocenters. The summed E-state index contributed by atoms with van der Waals surface area (Å²) in [5, 5.41) is 22.0. The Bertz CT molecular complexity index is 632. The van der Waals surface area contributed by atoms with E-state index in [-0.39, 0.29) is 5.75 Å². The first-order valence-electron chi connectivity index (χ1n) is 6.38. The van der Waals surface area contributed by atoms with Gasteiger partial charge in [-0.15, -0.1) is 10.2 Å². The molecule has 1 N–H and O–H groups in total. The maximum Gasteiger partial charge on any atom is 0.313 e. The van der Waals surface area contributed by atoms with Crippen LogP contribution < -0.4 is 0 Å². The minimum Gasteiger partial charge on any atom is -0.481 e. The fourth-order valence-electron chi connectivity index (χ4n) is 2.06. The van der Waals surface area contributed by atoms with E-state index in [4.69, 9.17) is 5.11 Å². The number of nitrogens with zero attached hydrogens (tertiary/aromatic N) is 5. The third kappa shape index (κ3) is 2.84. The van der Waals surface area contributed by atoms with Crippen molar-refractivity contribution in [2.24, 2.45) is 7.05 Å². The topological polar surface area (TPSA) is 85.8 Å². The third-order valence-corrected chi connectivity index (χ3v) is 4.06. The lowest BCUT2D eigenvalue weighted by Crippen LogP contribution is -2.07. The van der Waals surface area contributed by atoms with E-state index in [1.807, 2.05) is 24.0 Å². The molecule has 20 heavy (non-hydrogen) atoms. The van der Waals surface area contributed by atoms with Crippen molar-refractivity contribution in [2.75, 3.05) is 5.75 Å². The standard InChI is InChI=1S/C12H15N5O2S/c1-16-5-8(4-13-16)6-17-11(9-2-3-9)14-15-12(17)20-7-10(18)19/h4-5,9H,2-3,6-7H2,1H3,(H,18,19). The van der Waals surface area contributed by atoms with Crippen molar-refractivity contribution in [2.45, 2.75) is 30.5 Å². The number of hydrogen-bond donors (Lipinski definition) is 1. The summed E-state index contributed by atoms with van der Waals surface area (Å²) in [4.78, 5) is 10.7. The average molecular weight is 293 g/mol. The number of aliphatic carboxylic acids is 1. The van der Waals surface area contributed by atoms with Crippen molar-refractivity contribution >= 4 is 17.7 Å². The zero-order chi connectivity index (χ0) is 14.1. The number of thioether (sulfide) groups is 1. The molecule has 0 radical (unpaired) electrons. The van der Waals surface area contributed by atoms with Crippen LogP contribution in [-0.2, 0) is 18.4 Å². The number of carboxylic acids is 1. The van der Waals surface area contributed by atoms with Crippen LogP contribution in [-0.4, -0.2) is 41.4 Å². The molecule has 2 heterocycles. The van der Waals surface area contributed by atoms with Gasteiger partial charge in [0.15, 0.2) is 5.16 Å². The second-order valence-corrected chi connectivity index (χ2v) is 5.85. The minimum atomic E-state index is -0.848. The van der Waals surface area contributed by atoms with Gasteiger partial charge in [-0.1, -0.05) is 11.8 Å². The molecule has 0 spiro atoms. The van der Waals surface area contributed by atoms with Crippen LogP contribution in [0.2, 0.25) is 0 Å². The Morgan fingerprint density at radius 3 is 2.90 bits per heavy atom. The van der Waals surface area contributed by atoms with Crippen molar-refractivity contribution in [3.8, 4) is 0 Å². The summed E-state index contributed by atoms with van der Waals surface area (Å²) < 4.78 is 3.77. The van der Waals surface area contributed by atoms with E-state index in [1.165, 1.54) is 11.8 Å². The zero-order valence-corrected chi connectivity index (χ0v) is 11.9. The average Bonchev–Trinajstić information content (AvgIpc) is 3.05. The molecule has 0 aliphatic heterocycles. The summed E-state index contributed by atoms with van der Waals surface area (Å²) in [6.07, 6.45) is 6.02. The highest BCUT2D eigenvalue weighted by molar-refractivity contribution is 7.99. The van der Waals surface area contributed by atoms with Crippen LogP contribution in [0.25, 0.3) is 0 Å². The molecular weight excluding hydrogens is 278 g/mol. The van der Waals surface area contributed by atoms with E-state index in [0.29, 0.717) is 17.6 Å². The molecule has 1 fully saturated rings.